The van der Waals surface area contributed by atoms with Crippen LogP contribution in [0.2, 0.25) is 0 Å². The first-order chi connectivity index (χ1) is 11.7. The fraction of sp³-hybridized carbons (Fsp3) is 0.389. The average Bonchev–Trinajstić information content (AvgIpc) is 3.16. The van der Waals surface area contributed by atoms with Crippen molar-refractivity contribution >= 4 is 17.5 Å². The molecule has 0 unspecified atom stereocenters. The van der Waals surface area contributed by atoms with Crippen LogP contribution in [0.5, 0.6) is 5.75 Å². The second-order valence-electron chi connectivity index (χ2n) is 5.86. The molecular formula is C18H22N4O2. The Morgan fingerprint density at radius 3 is 2.46 bits per heavy atom. The molecule has 1 aromatic carbocycles. The van der Waals surface area contributed by atoms with E-state index in [0.29, 0.717) is 18.5 Å². The van der Waals surface area contributed by atoms with Crippen molar-refractivity contribution in [3.8, 4) is 5.75 Å². The minimum Gasteiger partial charge on any atom is -0.497 e. The van der Waals surface area contributed by atoms with Gasteiger partial charge in [-0.15, -0.1) is 0 Å². The largest absolute Gasteiger partial charge is 0.497 e. The first-order valence-corrected chi connectivity index (χ1v) is 8.24. The van der Waals surface area contributed by atoms with Crippen molar-refractivity contribution in [2.75, 3.05) is 30.4 Å². The Hall–Kier alpha value is -2.63. The number of anilines is 2. The van der Waals surface area contributed by atoms with E-state index in [1.54, 1.807) is 19.5 Å². The second kappa shape index (κ2) is 7.77. The molecule has 0 aliphatic carbocycles. The van der Waals surface area contributed by atoms with Crippen molar-refractivity contribution in [3.05, 3.63) is 42.2 Å². The van der Waals surface area contributed by atoms with Crippen molar-refractivity contribution in [3.63, 3.8) is 0 Å². The summed E-state index contributed by atoms with van der Waals surface area (Å²) < 4.78 is 5.12. The number of carbonyl (C=O) groups is 1. The van der Waals surface area contributed by atoms with Gasteiger partial charge < -0.3 is 15.0 Å². The smallest absolute Gasteiger partial charge is 0.225 e. The molecule has 0 bridgehead atoms. The Labute approximate surface area is 141 Å². The van der Waals surface area contributed by atoms with Gasteiger partial charge in [-0.2, -0.15) is 0 Å². The molecule has 0 saturated carbocycles. The van der Waals surface area contributed by atoms with Gasteiger partial charge in [0.05, 0.1) is 25.2 Å². The Bertz CT molecular complexity index is 664. The summed E-state index contributed by atoms with van der Waals surface area (Å²) in [4.78, 5) is 22.9. The van der Waals surface area contributed by atoms with Crippen LogP contribution in [0.4, 0.5) is 11.6 Å². The molecule has 1 saturated heterocycles. The van der Waals surface area contributed by atoms with Crippen LogP contribution < -0.4 is 15.0 Å². The monoisotopic (exact) mass is 326 g/mol. The summed E-state index contributed by atoms with van der Waals surface area (Å²) in [6.07, 6.45) is 6.82. The number of hydrogen-bond donors (Lipinski definition) is 1. The van der Waals surface area contributed by atoms with Gasteiger partial charge in [0.1, 0.15) is 5.75 Å². The molecule has 3 rings (SSSR count). The van der Waals surface area contributed by atoms with Gasteiger partial charge in [0.2, 0.25) is 11.9 Å². The molecule has 1 amide bonds. The lowest BCUT2D eigenvalue weighted by Gasteiger charge is -2.14. The van der Waals surface area contributed by atoms with E-state index in [9.17, 15) is 4.79 Å². The highest BCUT2D eigenvalue weighted by atomic mass is 16.5. The minimum absolute atomic E-state index is 0.0386. The molecule has 2 aromatic rings. The van der Waals surface area contributed by atoms with E-state index in [2.05, 4.69) is 20.2 Å². The maximum atomic E-state index is 12.0. The van der Waals surface area contributed by atoms with Crippen molar-refractivity contribution in [2.24, 2.45) is 0 Å². The number of benzene rings is 1. The lowest BCUT2D eigenvalue weighted by Crippen LogP contribution is -2.20. The summed E-state index contributed by atoms with van der Waals surface area (Å²) in [7, 11) is 1.64. The van der Waals surface area contributed by atoms with Crippen molar-refractivity contribution < 1.29 is 9.53 Å². The first-order valence-electron chi connectivity index (χ1n) is 8.24. The number of carbonyl (C=O) groups excluding carboxylic acids is 1. The highest BCUT2D eigenvalue weighted by Crippen LogP contribution is 2.16. The minimum atomic E-state index is -0.0386. The van der Waals surface area contributed by atoms with Gasteiger partial charge >= 0.3 is 0 Å². The predicted octanol–water partition coefficient (Wildman–Crippen LogP) is 2.66. The summed E-state index contributed by atoms with van der Waals surface area (Å²) in [6, 6.07) is 7.75. The highest BCUT2D eigenvalue weighted by molar-refractivity contribution is 5.90. The number of nitrogens with one attached hydrogen (secondary N) is 1. The third kappa shape index (κ3) is 4.22. The lowest BCUT2D eigenvalue weighted by atomic mass is 10.1. The number of aromatic nitrogens is 2. The molecule has 1 aliphatic heterocycles. The molecule has 1 fully saturated rings. The first kappa shape index (κ1) is 16.2. The lowest BCUT2D eigenvalue weighted by molar-refractivity contribution is -0.116. The van der Waals surface area contributed by atoms with Crippen LogP contribution in [0.1, 0.15) is 24.8 Å². The van der Waals surface area contributed by atoms with Crippen molar-refractivity contribution in [1.82, 2.24) is 9.97 Å². The van der Waals surface area contributed by atoms with E-state index >= 15 is 0 Å². The van der Waals surface area contributed by atoms with Gasteiger partial charge in [-0.25, -0.2) is 9.97 Å². The fourth-order valence-corrected chi connectivity index (χ4v) is 2.74. The maximum absolute atomic E-state index is 12.0. The van der Waals surface area contributed by atoms with E-state index in [1.807, 2.05) is 24.3 Å². The zero-order valence-electron chi connectivity index (χ0n) is 13.9. The molecule has 0 radical (unpaired) electrons. The number of ether oxygens (including phenoxy) is 1. The normalized spacial score (nSPS) is 13.8. The van der Waals surface area contributed by atoms with E-state index < -0.39 is 0 Å². The van der Waals surface area contributed by atoms with Crippen LogP contribution in [0.15, 0.2) is 36.7 Å². The van der Waals surface area contributed by atoms with Gasteiger partial charge in [-0.3, -0.25) is 4.79 Å². The SMILES string of the molecule is COc1ccc(CCC(=O)Nc2cnc(N3CCCC3)nc2)cc1. The average molecular weight is 326 g/mol. The quantitative estimate of drug-likeness (QED) is 0.884. The molecule has 2 heterocycles. The van der Waals surface area contributed by atoms with Gasteiger partial charge in [-0.1, -0.05) is 12.1 Å². The number of amides is 1. The van der Waals surface area contributed by atoms with E-state index in [4.69, 9.17) is 4.74 Å². The predicted molar refractivity (Wildman–Crippen MR) is 93.4 cm³/mol. The van der Waals surface area contributed by atoms with Crippen LogP contribution in [0.3, 0.4) is 0 Å². The molecule has 1 aromatic heterocycles. The summed E-state index contributed by atoms with van der Waals surface area (Å²) in [6.45, 7) is 2.02. The highest BCUT2D eigenvalue weighted by Gasteiger charge is 2.14. The molecule has 1 aliphatic rings. The fourth-order valence-electron chi connectivity index (χ4n) is 2.74. The van der Waals surface area contributed by atoms with E-state index in [-0.39, 0.29) is 5.91 Å². The molecule has 126 valence electrons. The zero-order valence-corrected chi connectivity index (χ0v) is 13.9. The number of rotatable bonds is 6. The Kier molecular flexibility index (Phi) is 5.25. The second-order valence-corrected chi connectivity index (χ2v) is 5.86. The number of methoxy groups -OCH3 is 1. The van der Waals surface area contributed by atoms with Gasteiger partial charge in [0, 0.05) is 19.5 Å². The number of hydrogen-bond acceptors (Lipinski definition) is 5. The number of aryl methyl sites for hydroxylation is 1. The summed E-state index contributed by atoms with van der Waals surface area (Å²) in [5.74, 6) is 1.52. The summed E-state index contributed by atoms with van der Waals surface area (Å²) >= 11 is 0. The number of nitrogens with zero attached hydrogens (tertiary/aromatic N) is 3. The Morgan fingerprint density at radius 1 is 1.17 bits per heavy atom. The van der Waals surface area contributed by atoms with Crippen LogP contribution in [-0.2, 0) is 11.2 Å². The van der Waals surface area contributed by atoms with Gasteiger partial charge in [-0.05, 0) is 37.0 Å². The van der Waals surface area contributed by atoms with Crippen LogP contribution in [0, 0.1) is 0 Å². The van der Waals surface area contributed by atoms with Crippen LogP contribution in [0.25, 0.3) is 0 Å². The van der Waals surface area contributed by atoms with Crippen LogP contribution >= 0.6 is 0 Å². The maximum Gasteiger partial charge on any atom is 0.225 e. The molecule has 1 N–H and O–H groups in total. The Morgan fingerprint density at radius 2 is 1.83 bits per heavy atom. The van der Waals surface area contributed by atoms with Gasteiger partial charge in [0.25, 0.3) is 0 Å². The zero-order chi connectivity index (χ0) is 16.8. The molecule has 6 heteroatoms. The summed E-state index contributed by atoms with van der Waals surface area (Å²) in [5, 5.41) is 2.85. The topological polar surface area (TPSA) is 67.3 Å². The van der Waals surface area contributed by atoms with Crippen molar-refractivity contribution in [1.29, 1.82) is 0 Å². The molecule has 0 spiro atoms. The third-order valence-electron chi connectivity index (χ3n) is 4.11. The summed E-state index contributed by atoms with van der Waals surface area (Å²) in [5.41, 5.74) is 1.74. The van der Waals surface area contributed by atoms with Crippen molar-refractivity contribution in [2.45, 2.75) is 25.7 Å². The molecule has 24 heavy (non-hydrogen) atoms. The molecule has 6 nitrogen and oxygen atoms in total. The van der Waals surface area contributed by atoms with E-state index in [1.165, 1.54) is 12.8 Å². The Balaban J connectivity index is 1.48. The van der Waals surface area contributed by atoms with E-state index in [0.717, 1.165) is 30.4 Å². The van der Waals surface area contributed by atoms with Crippen LogP contribution in [-0.4, -0.2) is 36.1 Å². The molecular weight excluding hydrogens is 304 g/mol. The van der Waals surface area contributed by atoms with Gasteiger partial charge in [0.15, 0.2) is 0 Å². The third-order valence-corrected chi connectivity index (χ3v) is 4.11. The molecule has 0 atom stereocenters. The standard InChI is InChI=1S/C18H22N4O2/c1-24-16-7-4-14(5-8-16)6-9-17(23)21-15-12-19-18(20-13-15)22-10-2-3-11-22/h4-5,7-8,12-13H,2-3,6,9-11H2,1H3,(H,21,23).